The van der Waals surface area contributed by atoms with Crippen LogP contribution in [0.3, 0.4) is 0 Å². The van der Waals surface area contributed by atoms with Gasteiger partial charge in [0.05, 0.1) is 6.61 Å². The van der Waals surface area contributed by atoms with Crippen LogP contribution in [-0.2, 0) is 18.0 Å². The smallest absolute Gasteiger partial charge is 0.253 e. The summed E-state index contributed by atoms with van der Waals surface area (Å²) in [6, 6.07) is 6.59. The summed E-state index contributed by atoms with van der Waals surface area (Å²) in [5, 5.41) is 0. The molecule has 0 unspecified atom stereocenters. The molecule has 27 heavy (non-hydrogen) atoms. The first-order valence-corrected chi connectivity index (χ1v) is 16.8. The van der Waals surface area contributed by atoms with Crippen LogP contribution >= 0.6 is 0 Å². The SMILES string of the molecule is C=C(C)COCCCC(O[SiH3])(O[Si](CC)(CC)CC)O[Si](CC)(CC)CC. The fourth-order valence-electron chi connectivity index (χ4n) is 3.54. The Balaban J connectivity index is 5.49. The molecule has 0 saturated carbocycles. The largest absolute Gasteiger partial charge is 0.382 e. The highest BCUT2D eigenvalue weighted by Crippen LogP contribution is 2.37. The number of hydrogen-bond donors (Lipinski definition) is 0. The van der Waals surface area contributed by atoms with E-state index in [1.807, 2.05) is 6.92 Å². The second kappa shape index (κ2) is 13.5. The van der Waals surface area contributed by atoms with Gasteiger partial charge in [-0.05, 0) is 49.6 Å². The summed E-state index contributed by atoms with van der Waals surface area (Å²) < 4.78 is 25.7. The molecular weight excluding hydrogens is 388 g/mol. The van der Waals surface area contributed by atoms with Crippen LogP contribution in [0, 0.1) is 0 Å². The molecule has 0 aromatic heterocycles. The average molecular weight is 435 g/mol. The van der Waals surface area contributed by atoms with Crippen molar-refractivity contribution in [2.45, 2.75) is 104 Å². The predicted octanol–water partition coefficient (Wildman–Crippen LogP) is 5.35. The lowest BCUT2D eigenvalue weighted by atomic mass is 10.3. The van der Waals surface area contributed by atoms with Crippen molar-refractivity contribution >= 4 is 27.1 Å². The van der Waals surface area contributed by atoms with E-state index in [2.05, 4.69) is 48.1 Å². The zero-order valence-corrected chi connectivity index (χ0v) is 23.4. The van der Waals surface area contributed by atoms with E-state index in [0.717, 1.165) is 54.7 Å². The minimum absolute atomic E-state index is 0.604. The van der Waals surface area contributed by atoms with Gasteiger partial charge in [0.25, 0.3) is 5.97 Å². The Morgan fingerprint density at radius 2 is 1.26 bits per heavy atom. The molecular formula is C20H46O4Si3. The second-order valence-electron chi connectivity index (χ2n) is 7.69. The Morgan fingerprint density at radius 3 is 1.56 bits per heavy atom. The monoisotopic (exact) mass is 434 g/mol. The highest BCUT2D eigenvalue weighted by atomic mass is 28.4. The van der Waals surface area contributed by atoms with Gasteiger partial charge in [0.15, 0.2) is 27.1 Å². The summed E-state index contributed by atoms with van der Waals surface area (Å²) in [6.07, 6.45) is 1.62. The molecule has 162 valence electrons. The van der Waals surface area contributed by atoms with Crippen molar-refractivity contribution in [2.24, 2.45) is 0 Å². The van der Waals surface area contributed by atoms with Gasteiger partial charge < -0.3 is 18.0 Å². The van der Waals surface area contributed by atoms with Crippen LogP contribution in [0.5, 0.6) is 0 Å². The van der Waals surface area contributed by atoms with E-state index in [0.29, 0.717) is 23.7 Å². The Morgan fingerprint density at radius 1 is 0.852 bits per heavy atom. The van der Waals surface area contributed by atoms with Crippen molar-refractivity contribution in [3.63, 3.8) is 0 Å². The fraction of sp³-hybridized carbons (Fsp3) is 0.900. The molecule has 7 heteroatoms. The maximum absolute atomic E-state index is 6.90. The zero-order valence-electron chi connectivity index (χ0n) is 19.4. The van der Waals surface area contributed by atoms with Gasteiger partial charge >= 0.3 is 0 Å². The molecule has 0 radical (unpaired) electrons. The third-order valence-electron chi connectivity index (χ3n) is 6.04. The molecule has 0 rings (SSSR count). The van der Waals surface area contributed by atoms with Gasteiger partial charge in [0, 0.05) is 13.0 Å². The van der Waals surface area contributed by atoms with Crippen LogP contribution in [0.15, 0.2) is 12.2 Å². The average Bonchev–Trinajstić information content (AvgIpc) is 2.69. The van der Waals surface area contributed by atoms with Crippen molar-refractivity contribution in [1.82, 2.24) is 0 Å². The van der Waals surface area contributed by atoms with Gasteiger partial charge in [-0.25, -0.2) is 0 Å². The van der Waals surface area contributed by atoms with Crippen LogP contribution in [0.4, 0.5) is 0 Å². The molecule has 0 aromatic rings. The molecule has 0 N–H and O–H groups in total. The molecule has 4 nitrogen and oxygen atoms in total. The van der Waals surface area contributed by atoms with E-state index in [9.17, 15) is 0 Å². The van der Waals surface area contributed by atoms with Crippen molar-refractivity contribution in [3.05, 3.63) is 12.2 Å². The van der Waals surface area contributed by atoms with E-state index >= 15 is 0 Å². The lowest BCUT2D eigenvalue weighted by Crippen LogP contribution is -2.56. The molecule has 0 aliphatic carbocycles. The molecule has 0 aliphatic heterocycles. The predicted molar refractivity (Wildman–Crippen MR) is 125 cm³/mol. The summed E-state index contributed by atoms with van der Waals surface area (Å²) >= 11 is 0. The van der Waals surface area contributed by atoms with Gasteiger partial charge in [-0.2, -0.15) is 0 Å². The topological polar surface area (TPSA) is 36.9 Å². The van der Waals surface area contributed by atoms with Crippen molar-refractivity contribution in [1.29, 1.82) is 0 Å². The number of hydrogen-bond acceptors (Lipinski definition) is 4. The van der Waals surface area contributed by atoms with E-state index in [1.165, 1.54) is 0 Å². The second-order valence-corrected chi connectivity index (χ2v) is 17.5. The van der Waals surface area contributed by atoms with E-state index in [-0.39, 0.29) is 0 Å². The first-order valence-electron chi connectivity index (χ1n) is 10.9. The van der Waals surface area contributed by atoms with Gasteiger partial charge in [-0.1, -0.05) is 53.7 Å². The summed E-state index contributed by atoms with van der Waals surface area (Å²) in [6.45, 7) is 20.8. The quantitative estimate of drug-likeness (QED) is 0.134. The molecule has 0 atom stereocenters. The van der Waals surface area contributed by atoms with Crippen LogP contribution in [0.2, 0.25) is 36.3 Å². The third-order valence-corrected chi connectivity index (χ3v) is 15.9. The first kappa shape index (κ1) is 27.2. The Kier molecular flexibility index (Phi) is 13.6. The summed E-state index contributed by atoms with van der Waals surface area (Å²) in [5.41, 5.74) is 1.05. The van der Waals surface area contributed by atoms with Crippen LogP contribution in [0.25, 0.3) is 0 Å². The van der Waals surface area contributed by atoms with Crippen LogP contribution < -0.4 is 0 Å². The molecule has 0 aliphatic rings. The molecule has 0 aromatic carbocycles. The summed E-state index contributed by atoms with van der Waals surface area (Å²) in [4.78, 5) is 0. The molecule has 0 bridgehead atoms. The number of ether oxygens (including phenoxy) is 1. The highest BCUT2D eigenvalue weighted by Gasteiger charge is 2.46. The normalized spacial score (nSPS) is 13.3. The van der Waals surface area contributed by atoms with E-state index < -0.39 is 22.6 Å². The maximum atomic E-state index is 6.90. The summed E-state index contributed by atoms with van der Waals surface area (Å²) in [5.74, 6) is -0.860. The van der Waals surface area contributed by atoms with Crippen molar-refractivity contribution in [3.8, 4) is 0 Å². The van der Waals surface area contributed by atoms with Gasteiger partial charge in [-0.3, -0.25) is 0 Å². The molecule has 0 amide bonds. The van der Waals surface area contributed by atoms with Gasteiger partial charge in [0.2, 0.25) is 0 Å². The molecule has 0 heterocycles. The Bertz CT molecular complexity index is 372. The standard InChI is InChI=1S/C20H46O4Si3/c1-9-26(10-2,11-3)23-20(22-25,16-15-17-21-18-19(7)8)24-27(12-4,13-5)14-6/h7,9-18H2,1-6,8,25H3. The molecule has 0 spiro atoms. The van der Waals surface area contributed by atoms with Crippen molar-refractivity contribution < 1.29 is 18.0 Å². The zero-order chi connectivity index (χ0) is 21.0. The highest BCUT2D eigenvalue weighted by molar-refractivity contribution is 6.74. The Hall–Kier alpha value is 0.231. The minimum atomic E-state index is -1.86. The van der Waals surface area contributed by atoms with Gasteiger partial charge in [-0.15, -0.1) is 0 Å². The van der Waals surface area contributed by atoms with Crippen LogP contribution in [-0.4, -0.2) is 46.3 Å². The Labute approximate surface area is 174 Å². The lowest BCUT2D eigenvalue weighted by Gasteiger charge is -2.46. The summed E-state index contributed by atoms with van der Waals surface area (Å²) in [7, 11) is -3.11. The number of rotatable bonds is 17. The maximum Gasteiger partial charge on any atom is 0.253 e. The molecule has 0 fully saturated rings. The fourth-order valence-corrected chi connectivity index (χ4v) is 9.97. The van der Waals surface area contributed by atoms with Gasteiger partial charge in [0.1, 0.15) is 0 Å². The van der Waals surface area contributed by atoms with E-state index in [4.69, 9.17) is 18.0 Å². The van der Waals surface area contributed by atoms with E-state index in [1.54, 1.807) is 0 Å². The van der Waals surface area contributed by atoms with Crippen LogP contribution in [0.1, 0.15) is 61.3 Å². The first-order chi connectivity index (χ1) is 12.8. The third kappa shape index (κ3) is 8.64. The molecule has 0 saturated heterocycles. The van der Waals surface area contributed by atoms with Crippen molar-refractivity contribution in [2.75, 3.05) is 13.2 Å². The lowest BCUT2D eigenvalue weighted by molar-refractivity contribution is -0.271. The minimum Gasteiger partial charge on any atom is -0.382 e.